The predicted octanol–water partition coefficient (Wildman–Crippen LogP) is 3.04. The van der Waals surface area contributed by atoms with E-state index in [0.717, 1.165) is 11.1 Å². The van der Waals surface area contributed by atoms with Gasteiger partial charge in [-0.05, 0) is 35.4 Å². The summed E-state index contributed by atoms with van der Waals surface area (Å²) in [6, 6.07) is 23.6. The van der Waals surface area contributed by atoms with Gasteiger partial charge < -0.3 is 19.9 Å². The number of para-hydroxylation sites is 1. The van der Waals surface area contributed by atoms with Gasteiger partial charge in [0.2, 0.25) is 5.91 Å². The smallest absolute Gasteiger partial charge is 0.260 e. The van der Waals surface area contributed by atoms with Crippen molar-refractivity contribution < 1.29 is 19.1 Å². The Morgan fingerprint density at radius 3 is 2.39 bits per heavy atom. The molecule has 0 radical (unpaired) electrons. The van der Waals surface area contributed by atoms with Crippen LogP contribution in [0.1, 0.15) is 10.4 Å². The lowest BCUT2D eigenvalue weighted by Gasteiger charge is -2.39. The van der Waals surface area contributed by atoms with Crippen LogP contribution in [0.5, 0.6) is 5.75 Å². The van der Waals surface area contributed by atoms with Crippen molar-refractivity contribution in [1.82, 2.24) is 9.80 Å². The molecule has 1 fully saturated rings. The summed E-state index contributed by atoms with van der Waals surface area (Å²) in [6.07, 6.45) is 0. The molecule has 0 aromatic heterocycles. The molecule has 1 N–H and O–H groups in total. The molecule has 0 unspecified atom stereocenters. The van der Waals surface area contributed by atoms with E-state index in [1.807, 2.05) is 60.7 Å². The van der Waals surface area contributed by atoms with Crippen LogP contribution < -0.4 is 10.1 Å². The van der Waals surface area contributed by atoms with Gasteiger partial charge in [-0.3, -0.25) is 14.4 Å². The van der Waals surface area contributed by atoms with E-state index in [-0.39, 0.29) is 37.4 Å². The zero-order valence-corrected chi connectivity index (χ0v) is 17.9. The highest BCUT2D eigenvalue weighted by Gasteiger charge is 2.40. The van der Waals surface area contributed by atoms with Crippen LogP contribution in [0.4, 0.5) is 5.69 Å². The van der Waals surface area contributed by atoms with Crippen molar-refractivity contribution in [3.63, 3.8) is 0 Å². The van der Waals surface area contributed by atoms with Crippen molar-refractivity contribution in [2.45, 2.75) is 6.04 Å². The molecular weight excluding hydrogens is 418 g/mol. The molecule has 7 heteroatoms. The van der Waals surface area contributed by atoms with E-state index >= 15 is 0 Å². The first kappa shape index (κ1) is 20.8. The van der Waals surface area contributed by atoms with Crippen molar-refractivity contribution in [2.24, 2.45) is 0 Å². The number of hydrogen-bond donors (Lipinski definition) is 1. The highest BCUT2D eigenvalue weighted by molar-refractivity contribution is 6.10. The van der Waals surface area contributed by atoms with Gasteiger partial charge in [0.15, 0.2) is 6.61 Å². The molecule has 3 amide bonds. The summed E-state index contributed by atoms with van der Waals surface area (Å²) in [5.74, 6) is -0.113. The number of ether oxygens (including phenoxy) is 1. The fraction of sp³-hybridized carbons (Fsp3) is 0.192. The number of anilines is 1. The Labute approximate surface area is 191 Å². The second kappa shape index (κ2) is 8.78. The monoisotopic (exact) mass is 441 g/mol. The Kier molecular flexibility index (Phi) is 5.52. The zero-order valence-electron chi connectivity index (χ0n) is 17.9. The molecule has 3 aromatic rings. The molecule has 3 aromatic carbocycles. The molecule has 2 heterocycles. The summed E-state index contributed by atoms with van der Waals surface area (Å²) in [5, 5.41) is 2.88. The Bertz CT molecular complexity index is 1200. The van der Waals surface area contributed by atoms with E-state index in [1.165, 1.54) is 0 Å². The van der Waals surface area contributed by atoms with E-state index < -0.39 is 6.04 Å². The minimum Gasteiger partial charge on any atom is -0.484 e. The minimum absolute atomic E-state index is 0.118. The Morgan fingerprint density at radius 2 is 1.64 bits per heavy atom. The first-order valence-corrected chi connectivity index (χ1v) is 10.9. The van der Waals surface area contributed by atoms with Gasteiger partial charge in [-0.1, -0.05) is 54.6 Å². The molecule has 0 spiro atoms. The fourth-order valence-corrected chi connectivity index (χ4v) is 4.24. The van der Waals surface area contributed by atoms with E-state index in [1.54, 1.807) is 28.0 Å². The number of hydrogen-bond acceptors (Lipinski definition) is 4. The molecule has 0 bridgehead atoms. The summed E-state index contributed by atoms with van der Waals surface area (Å²) >= 11 is 0. The lowest BCUT2D eigenvalue weighted by molar-refractivity contribution is -0.137. The Balaban J connectivity index is 1.33. The van der Waals surface area contributed by atoms with E-state index in [0.29, 0.717) is 23.5 Å². The lowest BCUT2D eigenvalue weighted by Crippen LogP contribution is -2.60. The van der Waals surface area contributed by atoms with Crippen LogP contribution in [0, 0.1) is 0 Å². The molecule has 7 nitrogen and oxygen atoms in total. The number of nitrogens with one attached hydrogen (secondary N) is 1. The van der Waals surface area contributed by atoms with Crippen molar-refractivity contribution in [3.8, 4) is 16.9 Å². The van der Waals surface area contributed by atoms with Crippen LogP contribution in [0.3, 0.4) is 0 Å². The molecule has 33 heavy (non-hydrogen) atoms. The second-order valence-electron chi connectivity index (χ2n) is 8.07. The van der Waals surface area contributed by atoms with Gasteiger partial charge in [0.05, 0.1) is 17.8 Å². The summed E-state index contributed by atoms with van der Waals surface area (Å²) in [4.78, 5) is 42.2. The first-order chi connectivity index (χ1) is 16.1. The van der Waals surface area contributed by atoms with Crippen molar-refractivity contribution in [3.05, 3.63) is 84.4 Å². The van der Waals surface area contributed by atoms with Crippen molar-refractivity contribution >= 4 is 23.4 Å². The maximum atomic E-state index is 13.4. The summed E-state index contributed by atoms with van der Waals surface area (Å²) in [5.41, 5.74) is 2.85. The molecular formula is C26H23N3O4. The van der Waals surface area contributed by atoms with Crippen LogP contribution in [0.25, 0.3) is 11.1 Å². The molecule has 166 valence electrons. The number of rotatable bonds is 4. The van der Waals surface area contributed by atoms with Crippen LogP contribution >= 0.6 is 0 Å². The van der Waals surface area contributed by atoms with Gasteiger partial charge in [0.1, 0.15) is 11.8 Å². The van der Waals surface area contributed by atoms with Gasteiger partial charge >= 0.3 is 0 Å². The SMILES string of the molecule is O=C1Nc2ccc(-c3ccccc3)cc2C(=O)N2CCN(C(=O)COc3ccccc3)C[C@@H]12. The third-order valence-electron chi connectivity index (χ3n) is 6.02. The van der Waals surface area contributed by atoms with E-state index in [4.69, 9.17) is 4.74 Å². The number of carbonyl (C=O) groups excluding carboxylic acids is 3. The molecule has 1 saturated heterocycles. The maximum absolute atomic E-state index is 13.4. The summed E-state index contributed by atoms with van der Waals surface area (Å²) in [7, 11) is 0. The number of benzene rings is 3. The van der Waals surface area contributed by atoms with Crippen LogP contribution in [0.2, 0.25) is 0 Å². The predicted molar refractivity (Wildman–Crippen MR) is 124 cm³/mol. The Hall–Kier alpha value is -4.13. The molecule has 0 aliphatic carbocycles. The molecule has 5 rings (SSSR count). The van der Waals surface area contributed by atoms with Crippen molar-refractivity contribution in [1.29, 1.82) is 0 Å². The summed E-state index contributed by atoms with van der Waals surface area (Å²) < 4.78 is 5.56. The third kappa shape index (κ3) is 4.17. The van der Waals surface area contributed by atoms with E-state index in [9.17, 15) is 14.4 Å². The number of nitrogens with zero attached hydrogens (tertiary/aromatic N) is 2. The average Bonchev–Trinajstić information content (AvgIpc) is 2.97. The zero-order chi connectivity index (χ0) is 22.8. The number of carbonyl (C=O) groups is 3. The normalized spacial score (nSPS) is 17.5. The average molecular weight is 441 g/mol. The number of amides is 3. The summed E-state index contributed by atoms with van der Waals surface area (Å²) in [6.45, 7) is 0.643. The minimum atomic E-state index is -0.750. The van der Waals surface area contributed by atoms with Gasteiger partial charge in [0, 0.05) is 13.1 Å². The largest absolute Gasteiger partial charge is 0.484 e. The highest BCUT2D eigenvalue weighted by Crippen LogP contribution is 2.30. The van der Waals surface area contributed by atoms with Crippen LogP contribution in [0.15, 0.2) is 78.9 Å². The number of fused-ring (bicyclic) bond motifs is 2. The van der Waals surface area contributed by atoms with Gasteiger partial charge in [0.25, 0.3) is 11.8 Å². The number of piperazine rings is 1. The van der Waals surface area contributed by atoms with Gasteiger partial charge in [-0.2, -0.15) is 0 Å². The fourth-order valence-electron chi connectivity index (χ4n) is 4.24. The molecule has 2 aliphatic heterocycles. The quantitative estimate of drug-likeness (QED) is 0.675. The second-order valence-corrected chi connectivity index (χ2v) is 8.07. The molecule has 1 atom stereocenters. The topological polar surface area (TPSA) is 79.0 Å². The first-order valence-electron chi connectivity index (χ1n) is 10.9. The highest BCUT2D eigenvalue weighted by atomic mass is 16.5. The molecule has 0 saturated carbocycles. The Morgan fingerprint density at radius 1 is 0.909 bits per heavy atom. The van der Waals surface area contributed by atoms with Crippen LogP contribution in [-0.4, -0.2) is 59.8 Å². The van der Waals surface area contributed by atoms with Gasteiger partial charge in [-0.25, -0.2) is 0 Å². The van der Waals surface area contributed by atoms with Crippen LogP contribution in [-0.2, 0) is 9.59 Å². The maximum Gasteiger partial charge on any atom is 0.260 e. The van der Waals surface area contributed by atoms with Crippen molar-refractivity contribution in [2.75, 3.05) is 31.6 Å². The van der Waals surface area contributed by atoms with E-state index in [2.05, 4.69) is 5.32 Å². The molecule has 2 aliphatic rings. The van der Waals surface area contributed by atoms with Gasteiger partial charge in [-0.15, -0.1) is 0 Å². The lowest BCUT2D eigenvalue weighted by atomic mass is 10.0. The standard InChI is InChI=1S/C26H23N3O4/c30-24(17-33-20-9-5-2-6-10-20)28-13-14-29-23(16-28)25(31)27-22-12-11-19(15-21(22)26(29)32)18-7-3-1-4-8-18/h1-12,15,23H,13-14,16-17H2,(H,27,31)/t23-/m0/s1. The third-order valence-corrected chi connectivity index (χ3v) is 6.02.